The summed E-state index contributed by atoms with van der Waals surface area (Å²) in [5, 5.41) is 1.39. The summed E-state index contributed by atoms with van der Waals surface area (Å²) in [5.41, 5.74) is 2.67. The number of carbonyl (C=O) groups excluding carboxylic acids is 2. The Bertz CT molecular complexity index is 545. The average molecular weight is 290 g/mol. The van der Waals surface area contributed by atoms with Gasteiger partial charge >= 0.3 is 0 Å². The summed E-state index contributed by atoms with van der Waals surface area (Å²) in [5.74, 6) is 0.180. The molecule has 21 heavy (non-hydrogen) atoms. The summed E-state index contributed by atoms with van der Waals surface area (Å²) >= 11 is 0. The molecular formula is C16H22N2O3. The first-order chi connectivity index (χ1) is 9.84. The monoisotopic (exact) mass is 290 g/mol. The molecule has 0 aromatic heterocycles. The summed E-state index contributed by atoms with van der Waals surface area (Å²) < 4.78 is 5.23. The molecule has 5 nitrogen and oxygen atoms in total. The quantitative estimate of drug-likeness (QED) is 0.870. The molecule has 0 unspecified atom stereocenters. The fourth-order valence-corrected chi connectivity index (χ4v) is 2.01. The van der Waals surface area contributed by atoms with Gasteiger partial charge in [-0.1, -0.05) is 12.1 Å². The molecule has 0 atom stereocenters. The van der Waals surface area contributed by atoms with Crippen LogP contribution in [-0.4, -0.2) is 29.5 Å². The third kappa shape index (κ3) is 3.54. The van der Waals surface area contributed by atoms with Crippen LogP contribution in [0.5, 0.6) is 5.75 Å². The molecule has 2 amide bonds. The van der Waals surface area contributed by atoms with Crippen LogP contribution in [0.1, 0.15) is 44.0 Å². The molecule has 1 N–H and O–H groups in total. The second-order valence-corrected chi connectivity index (χ2v) is 6.26. The molecule has 1 fully saturated rings. The third-order valence-electron chi connectivity index (χ3n) is 3.38. The zero-order chi connectivity index (χ0) is 15.6. The second-order valence-electron chi connectivity index (χ2n) is 6.26. The maximum atomic E-state index is 12.8. The number of rotatable bonds is 3. The van der Waals surface area contributed by atoms with Gasteiger partial charge in [-0.25, -0.2) is 5.01 Å². The number of nitrogens with zero attached hydrogens (tertiary/aromatic N) is 1. The molecule has 0 saturated heterocycles. The van der Waals surface area contributed by atoms with E-state index < -0.39 is 5.54 Å². The van der Waals surface area contributed by atoms with Crippen molar-refractivity contribution in [1.29, 1.82) is 0 Å². The highest BCUT2D eigenvalue weighted by atomic mass is 16.5. The summed E-state index contributed by atoms with van der Waals surface area (Å²) in [6, 6.07) is 7.01. The lowest BCUT2D eigenvalue weighted by Crippen LogP contribution is -2.56. The molecule has 0 radical (unpaired) electrons. The Kier molecular flexibility index (Phi) is 4.21. The molecule has 0 bridgehead atoms. The van der Waals surface area contributed by atoms with Crippen LogP contribution in [0.2, 0.25) is 0 Å². The van der Waals surface area contributed by atoms with E-state index in [9.17, 15) is 9.59 Å². The predicted octanol–water partition coefficient (Wildman–Crippen LogP) is 2.38. The molecular weight excluding hydrogens is 268 g/mol. The van der Waals surface area contributed by atoms with Gasteiger partial charge in [-0.2, -0.15) is 0 Å². The Morgan fingerprint density at radius 3 is 2.38 bits per heavy atom. The highest BCUT2D eigenvalue weighted by Crippen LogP contribution is 2.30. The van der Waals surface area contributed by atoms with Crippen molar-refractivity contribution in [3.63, 3.8) is 0 Å². The van der Waals surface area contributed by atoms with E-state index in [1.54, 1.807) is 24.3 Å². The normalized spacial score (nSPS) is 14.5. The van der Waals surface area contributed by atoms with Crippen LogP contribution in [0.25, 0.3) is 0 Å². The van der Waals surface area contributed by atoms with Crippen LogP contribution in [0.4, 0.5) is 0 Å². The fraction of sp³-hybridized carbons (Fsp3) is 0.500. The molecule has 1 aliphatic carbocycles. The van der Waals surface area contributed by atoms with Crippen LogP contribution >= 0.6 is 0 Å². The molecule has 1 saturated carbocycles. The zero-order valence-electron chi connectivity index (χ0n) is 13.0. The van der Waals surface area contributed by atoms with E-state index in [1.165, 1.54) is 12.1 Å². The van der Waals surface area contributed by atoms with E-state index in [4.69, 9.17) is 4.74 Å². The maximum Gasteiger partial charge on any atom is 0.276 e. The predicted molar refractivity (Wildman–Crippen MR) is 79.8 cm³/mol. The number of ether oxygens (including phenoxy) is 1. The van der Waals surface area contributed by atoms with Crippen molar-refractivity contribution in [1.82, 2.24) is 10.4 Å². The Hall–Kier alpha value is -2.04. The Morgan fingerprint density at radius 2 is 1.86 bits per heavy atom. The van der Waals surface area contributed by atoms with Crippen molar-refractivity contribution in [2.45, 2.75) is 39.2 Å². The number of para-hydroxylation sites is 1. The minimum Gasteiger partial charge on any atom is -0.496 e. The molecule has 0 heterocycles. The zero-order valence-corrected chi connectivity index (χ0v) is 13.0. The molecule has 114 valence electrons. The molecule has 0 aliphatic heterocycles. The van der Waals surface area contributed by atoms with Gasteiger partial charge < -0.3 is 4.74 Å². The third-order valence-corrected chi connectivity index (χ3v) is 3.38. The first kappa shape index (κ1) is 15.4. The Balaban J connectivity index is 2.27. The van der Waals surface area contributed by atoms with Crippen LogP contribution in [0.3, 0.4) is 0 Å². The topological polar surface area (TPSA) is 58.6 Å². The van der Waals surface area contributed by atoms with Crippen LogP contribution in [-0.2, 0) is 4.79 Å². The number of carbonyl (C=O) groups is 2. The largest absolute Gasteiger partial charge is 0.496 e. The van der Waals surface area contributed by atoms with Crippen LogP contribution < -0.4 is 10.2 Å². The van der Waals surface area contributed by atoms with Crippen molar-refractivity contribution >= 4 is 11.8 Å². The van der Waals surface area contributed by atoms with Crippen molar-refractivity contribution in [3.05, 3.63) is 29.8 Å². The fourth-order valence-electron chi connectivity index (χ4n) is 2.01. The minimum atomic E-state index is -0.525. The number of amides is 2. The van der Waals surface area contributed by atoms with E-state index in [1.807, 2.05) is 20.8 Å². The van der Waals surface area contributed by atoms with Gasteiger partial charge in [-0.3, -0.25) is 15.0 Å². The smallest absolute Gasteiger partial charge is 0.276 e. The van der Waals surface area contributed by atoms with Crippen LogP contribution in [0.15, 0.2) is 24.3 Å². The lowest BCUT2D eigenvalue weighted by atomic mass is 10.1. The standard InChI is InChI=1S/C16H22N2O3/c1-16(2,3)18(17-14(19)11-9-10-11)15(20)12-7-5-6-8-13(12)21-4/h5-8,11H,9-10H2,1-4H3,(H,17,19). The number of hydrogen-bond acceptors (Lipinski definition) is 3. The van der Waals surface area contributed by atoms with Crippen molar-refractivity contribution < 1.29 is 14.3 Å². The first-order valence-corrected chi connectivity index (χ1v) is 7.12. The van der Waals surface area contributed by atoms with Gasteiger partial charge in [0.2, 0.25) is 5.91 Å². The van der Waals surface area contributed by atoms with E-state index in [0.717, 1.165) is 12.8 Å². The van der Waals surface area contributed by atoms with Crippen molar-refractivity contribution in [2.24, 2.45) is 5.92 Å². The van der Waals surface area contributed by atoms with Gasteiger partial charge in [0.05, 0.1) is 18.2 Å². The first-order valence-electron chi connectivity index (χ1n) is 7.12. The number of benzene rings is 1. The second kappa shape index (κ2) is 5.76. The minimum absolute atomic E-state index is 0.0420. The lowest BCUT2D eigenvalue weighted by molar-refractivity contribution is -0.128. The van der Waals surface area contributed by atoms with Gasteiger partial charge in [-0.05, 0) is 45.7 Å². The maximum absolute atomic E-state index is 12.8. The van der Waals surface area contributed by atoms with E-state index in [0.29, 0.717) is 11.3 Å². The molecule has 5 heteroatoms. The molecule has 1 aliphatic rings. The van der Waals surface area contributed by atoms with E-state index in [2.05, 4.69) is 5.43 Å². The van der Waals surface area contributed by atoms with E-state index >= 15 is 0 Å². The van der Waals surface area contributed by atoms with Crippen molar-refractivity contribution in [3.8, 4) is 5.75 Å². The summed E-state index contributed by atoms with van der Waals surface area (Å²) in [4.78, 5) is 24.8. The molecule has 2 rings (SSSR count). The summed E-state index contributed by atoms with van der Waals surface area (Å²) in [6.45, 7) is 5.65. The summed E-state index contributed by atoms with van der Waals surface area (Å²) in [7, 11) is 1.52. The molecule has 1 aromatic carbocycles. The van der Waals surface area contributed by atoms with Gasteiger partial charge in [0, 0.05) is 5.92 Å². The van der Waals surface area contributed by atoms with Gasteiger partial charge in [0.25, 0.3) is 5.91 Å². The SMILES string of the molecule is COc1ccccc1C(=O)N(NC(=O)C1CC1)C(C)(C)C. The highest BCUT2D eigenvalue weighted by molar-refractivity contribution is 5.98. The number of methoxy groups -OCH3 is 1. The van der Waals surface area contributed by atoms with Crippen molar-refractivity contribution in [2.75, 3.05) is 7.11 Å². The van der Waals surface area contributed by atoms with Gasteiger partial charge in [0.1, 0.15) is 5.75 Å². The Morgan fingerprint density at radius 1 is 1.24 bits per heavy atom. The highest BCUT2D eigenvalue weighted by Gasteiger charge is 2.36. The average Bonchev–Trinajstić information content (AvgIpc) is 3.27. The van der Waals surface area contributed by atoms with E-state index in [-0.39, 0.29) is 17.7 Å². The number of nitrogens with one attached hydrogen (secondary N) is 1. The lowest BCUT2D eigenvalue weighted by Gasteiger charge is -2.35. The summed E-state index contributed by atoms with van der Waals surface area (Å²) in [6.07, 6.45) is 1.79. The Labute approximate surface area is 125 Å². The molecule has 0 spiro atoms. The molecule has 1 aromatic rings. The van der Waals surface area contributed by atoms with Gasteiger partial charge in [-0.15, -0.1) is 0 Å². The van der Waals surface area contributed by atoms with Crippen LogP contribution in [0, 0.1) is 5.92 Å². The number of hydrogen-bond donors (Lipinski definition) is 1. The number of hydrazine groups is 1. The van der Waals surface area contributed by atoms with Gasteiger partial charge in [0.15, 0.2) is 0 Å².